The second-order valence-electron chi connectivity index (χ2n) is 4.99. The average molecular weight is 346 g/mol. The van der Waals surface area contributed by atoms with Crippen LogP contribution in [0.5, 0.6) is 0 Å². The Kier molecular flexibility index (Phi) is 6.44. The van der Waals surface area contributed by atoms with E-state index >= 15 is 0 Å². The molecule has 0 aliphatic rings. The highest BCUT2D eigenvalue weighted by Crippen LogP contribution is 2.25. The van der Waals surface area contributed by atoms with Crippen molar-refractivity contribution in [3.05, 3.63) is 52.3 Å². The summed E-state index contributed by atoms with van der Waals surface area (Å²) in [6.07, 6.45) is 3.62. The molecule has 0 aliphatic heterocycles. The molecule has 7 nitrogen and oxygen atoms in total. The number of nitrogens with zero attached hydrogens (tertiary/aromatic N) is 2. The normalized spacial score (nSPS) is 10.7. The summed E-state index contributed by atoms with van der Waals surface area (Å²) in [4.78, 5) is 10.4. The molecule has 24 heavy (non-hydrogen) atoms. The minimum Gasteiger partial charge on any atom is -0.455 e. The summed E-state index contributed by atoms with van der Waals surface area (Å²) in [5.41, 5.74) is 3.35. The lowest BCUT2D eigenvalue weighted by atomic mass is 10.1. The zero-order chi connectivity index (χ0) is 17.4. The van der Waals surface area contributed by atoms with E-state index in [0.29, 0.717) is 22.2 Å². The summed E-state index contributed by atoms with van der Waals surface area (Å²) in [5.74, 6) is 1.05. The molecule has 0 aliphatic carbocycles. The van der Waals surface area contributed by atoms with Crippen molar-refractivity contribution in [2.24, 2.45) is 5.10 Å². The van der Waals surface area contributed by atoms with E-state index in [0.717, 1.165) is 19.4 Å². The Morgan fingerprint density at radius 3 is 3.00 bits per heavy atom. The van der Waals surface area contributed by atoms with E-state index in [9.17, 15) is 10.1 Å². The molecule has 0 saturated carbocycles. The number of hydrogen-bond donors (Lipinski definition) is 2. The first-order chi connectivity index (χ1) is 11.6. The largest absolute Gasteiger partial charge is 0.455 e. The van der Waals surface area contributed by atoms with E-state index in [-0.39, 0.29) is 5.69 Å². The van der Waals surface area contributed by atoms with Crippen LogP contribution in [0.2, 0.25) is 0 Å². The van der Waals surface area contributed by atoms with E-state index in [1.54, 1.807) is 24.3 Å². The van der Waals surface area contributed by atoms with Gasteiger partial charge in [0, 0.05) is 24.2 Å². The molecule has 1 aromatic heterocycles. The maximum atomic E-state index is 10.8. The van der Waals surface area contributed by atoms with Crippen molar-refractivity contribution in [1.29, 1.82) is 0 Å². The predicted octanol–water partition coefficient (Wildman–Crippen LogP) is 3.45. The van der Waals surface area contributed by atoms with Crippen molar-refractivity contribution >= 4 is 29.2 Å². The predicted molar refractivity (Wildman–Crippen MR) is 97.0 cm³/mol. The van der Waals surface area contributed by atoms with Crippen LogP contribution in [0.1, 0.15) is 25.5 Å². The molecule has 2 aromatic rings. The van der Waals surface area contributed by atoms with Crippen LogP contribution < -0.4 is 10.7 Å². The van der Waals surface area contributed by atoms with Gasteiger partial charge in [0.25, 0.3) is 5.69 Å². The van der Waals surface area contributed by atoms with E-state index in [1.165, 1.54) is 18.3 Å². The molecular formula is C16H18N4O3S. The summed E-state index contributed by atoms with van der Waals surface area (Å²) >= 11 is 5.07. The Morgan fingerprint density at radius 2 is 2.25 bits per heavy atom. The molecule has 2 rings (SSSR count). The van der Waals surface area contributed by atoms with Crippen molar-refractivity contribution in [2.45, 2.75) is 19.8 Å². The van der Waals surface area contributed by atoms with E-state index < -0.39 is 4.92 Å². The lowest BCUT2D eigenvalue weighted by molar-refractivity contribution is -0.384. The fraction of sp³-hybridized carbons (Fsp3) is 0.250. The maximum Gasteiger partial charge on any atom is 0.270 e. The number of nitro groups is 1. The van der Waals surface area contributed by atoms with Crippen molar-refractivity contribution in [3.8, 4) is 11.3 Å². The molecule has 126 valence electrons. The average Bonchev–Trinajstić information content (AvgIpc) is 3.04. The Morgan fingerprint density at radius 1 is 1.42 bits per heavy atom. The highest BCUT2D eigenvalue weighted by Gasteiger charge is 2.09. The Labute approximate surface area is 144 Å². The zero-order valence-corrected chi connectivity index (χ0v) is 14.0. The molecule has 0 bridgehead atoms. The van der Waals surface area contributed by atoms with Crippen LogP contribution in [-0.2, 0) is 0 Å². The van der Waals surface area contributed by atoms with Gasteiger partial charge in [0.05, 0.1) is 11.1 Å². The van der Waals surface area contributed by atoms with Crippen LogP contribution in [0.25, 0.3) is 11.3 Å². The first-order valence-electron chi connectivity index (χ1n) is 7.51. The van der Waals surface area contributed by atoms with Crippen LogP contribution in [0, 0.1) is 10.1 Å². The molecule has 8 heteroatoms. The molecule has 0 radical (unpaired) electrons. The number of benzene rings is 1. The van der Waals surface area contributed by atoms with Gasteiger partial charge in [0.15, 0.2) is 5.11 Å². The van der Waals surface area contributed by atoms with E-state index in [4.69, 9.17) is 16.6 Å². The summed E-state index contributed by atoms with van der Waals surface area (Å²) in [6.45, 7) is 2.90. The van der Waals surface area contributed by atoms with Gasteiger partial charge in [-0.05, 0) is 30.8 Å². The van der Waals surface area contributed by atoms with Gasteiger partial charge < -0.3 is 9.73 Å². The zero-order valence-electron chi connectivity index (χ0n) is 13.2. The summed E-state index contributed by atoms with van der Waals surface area (Å²) in [7, 11) is 0. The first-order valence-corrected chi connectivity index (χ1v) is 7.92. The number of furan rings is 1. The molecule has 0 atom stereocenters. The minimum absolute atomic E-state index is 0.0179. The number of hydrogen-bond acceptors (Lipinski definition) is 5. The number of thiocarbonyl (C=S) groups is 1. The second-order valence-corrected chi connectivity index (χ2v) is 5.40. The molecule has 2 N–H and O–H groups in total. The standard InChI is InChI=1S/C16H18N4O3S/c1-2-3-9-17-16(24)19-18-11-14-7-8-15(23-14)12-5-4-6-13(10-12)20(21)22/h4-8,10-11H,2-3,9H2,1H3,(H2,17,19,24)/b18-11-. The number of non-ortho nitro benzene ring substituents is 1. The summed E-state index contributed by atoms with van der Waals surface area (Å²) in [5, 5.41) is 18.3. The molecule has 0 saturated heterocycles. The van der Waals surface area contributed by atoms with Gasteiger partial charge in [-0.2, -0.15) is 5.10 Å². The van der Waals surface area contributed by atoms with Gasteiger partial charge in [-0.3, -0.25) is 15.5 Å². The lowest BCUT2D eigenvalue weighted by Crippen LogP contribution is -2.32. The van der Waals surface area contributed by atoms with Gasteiger partial charge in [-0.25, -0.2) is 0 Å². The van der Waals surface area contributed by atoms with Crippen LogP contribution in [0.3, 0.4) is 0 Å². The fourth-order valence-corrected chi connectivity index (χ4v) is 2.08. The minimum atomic E-state index is -0.439. The van der Waals surface area contributed by atoms with Crippen molar-refractivity contribution in [3.63, 3.8) is 0 Å². The molecule has 0 unspecified atom stereocenters. The van der Waals surface area contributed by atoms with Gasteiger partial charge in [0.1, 0.15) is 11.5 Å². The van der Waals surface area contributed by atoms with Crippen molar-refractivity contribution < 1.29 is 9.34 Å². The number of unbranched alkanes of at least 4 members (excludes halogenated alkanes) is 1. The topological polar surface area (TPSA) is 92.7 Å². The molecule has 1 aromatic carbocycles. The monoisotopic (exact) mass is 346 g/mol. The van der Waals surface area contributed by atoms with Crippen molar-refractivity contribution in [2.75, 3.05) is 6.54 Å². The second kappa shape index (κ2) is 8.78. The molecule has 0 fully saturated rings. The van der Waals surface area contributed by atoms with Crippen LogP contribution >= 0.6 is 12.2 Å². The number of hydrazone groups is 1. The molecule has 0 amide bonds. The fourth-order valence-electron chi connectivity index (χ4n) is 1.92. The van der Waals surface area contributed by atoms with Crippen molar-refractivity contribution in [1.82, 2.24) is 10.7 Å². The summed E-state index contributed by atoms with van der Waals surface area (Å²) < 4.78 is 5.61. The quantitative estimate of drug-likeness (QED) is 0.262. The van der Waals surface area contributed by atoms with Gasteiger partial charge in [-0.15, -0.1) is 0 Å². The highest BCUT2D eigenvalue weighted by molar-refractivity contribution is 7.80. The third kappa shape index (κ3) is 5.17. The van der Waals surface area contributed by atoms with Gasteiger partial charge in [0.2, 0.25) is 0 Å². The van der Waals surface area contributed by atoms with Crippen LogP contribution in [0.15, 0.2) is 45.9 Å². The maximum absolute atomic E-state index is 10.8. The number of rotatable bonds is 7. The van der Waals surface area contributed by atoms with E-state index in [1.807, 2.05) is 0 Å². The van der Waals surface area contributed by atoms with Crippen LogP contribution in [0.4, 0.5) is 5.69 Å². The first kappa shape index (κ1) is 17.6. The third-order valence-electron chi connectivity index (χ3n) is 3.14. The van der Waals surface area contributed by atoms with E-state index in [2.05, 4.69) is 22.8 Å². The lowest BCUT2D eigenvalue weighted by Gasteiger charge is -2.04. The van der Waals surface area contributed by atoms with Crippen LogP contribution in [-0.4, -0.2) is 22.8 Å². The number of nitro benzene ring substituents is 1. The van der Waals surface area contributed by atoms with Gasteiger partial charge in [-0.1, -0.05) is 25.5 Å². The third-order valence-corrected chi connectivity index (χ3v) is 3.38. The molecule has 1 heterocycles. The SMILES string of the molecule is CCCCNC(=S)N/N=C\c1ccc(-c2cccc([N+](=O)[O-])c2)o1. The number of nitrogens with one attached hydrogen (secondary N) is 2. The molecular weight excluding hydrogens is 328 g/mol. The Bertz CT molecular complexity index is 742. The highest BCUT2D eigenvalue weighted by atomic mass is 32.1. The van der Waals surface area contributed by atoms with Gasteiger partial charge >= 0.3 is 0 Å². The molecule has 0 spiro atoms. The summed E-state index contributed by atoms with van der Waals surface area (Å²) in [6, 6.07) is 9.73. The Balaban J connectivity index is 1.96. The smallest absolute Gasteiger partial charge is 0.270 e. The Hall–Kier alpha value is -2.74.